The Labute approximate surface area is 178 Å². The Balaban J connectivity index is 1.62. The van der Waals surface area contributed by atoms with E-state index in [2.05, 4.69) is 29.6 Å². The predicted molar refractivity (Wildman–Crippen MR) is 115 cm³/mol. The fourth-order valence-corrected chi connectivity index (χ4v) is 5.38. The van der Waals surface area contributed by atoms with Crippen molar-refractivity contribution in [3.8, 4) is 0 Å². The summed E-state index contributed by atoms with van der Waals surface area (Å²) in [6.07, 6.45) is 4.41. The molecule has 160 valence electrons. The van der Waals surface area contributed by atoms with Crippen LogP contribution >= 0.6 is 0 Å². The second-order valence-corrected chi connectivity index (χ2v) is 8.58. The third-order valence-corrected chi connectivity index (χ3v) is 6.74. The number of aliphatic hydroxyl groups excluding tert-OH is 1. The number of nitrogens with zero attached hydrogens (tertiary/aromatic N) is 1. The number of piperidine rings is 1. The number of aliphatic hydroxyl groups is 1. The molecule has 30 heavy (non-hydrogen) atoms. The molecule has 0 aromatic heterocycles. The Hall–Kier alpha value is -2.24. The Bertz CT molecular complexity index is 827. The fourth-order valence-electron chi connectivity index (χ4n) is 5.38. The molecule has 2 aromatic rings. The highest BCUT2D eigenvalue weighted by atomic mass is 19.1. The Morgan fingerprint density at radius 1 is 1.07 bits per heavy atom. The van der Waals surface area contributed by atoms with Crippen molar-refractivity contribution < 1.29 is 14.3 Å². The van der Waals surface area contributed by atoms with Gasteiger partial charge in [0.25, 0.3) is 0 Å². The van der Waals surface area contributed by atoms with Crippen molar-refractivity contribution in [2.45, 2.75) is 56.7 Å². The average Bonchev–Trinajstić information content (AvgIpc) is 2.77. The van der Waals surface area contributed by atoms with Gasteiger partial charge in [0.2, 0.25) is 5.91 Å². The fraction of sp³-hybridized carbons (Fsp3) is 0.480. The lowest BCUT2D eigenvalue weighted by Gasteiger charge is -2.51. The van der Waals surface area contributed by atoms with Crippen molar-refractivity contribution in [3.63, 3.8) is 0 Å². The maximum atomic E-state index is 13.3. The third-order valence-electron chi connectivity index (χ3n) is 6.74. The number of carbonyl (C=O) groups excluding carboxylic acids is 1. The van der Waals surface area contributed by atoms with Crippen LogP contribution in [0.15, 0.2) is 54.6 Å². The van der Waals surface area contributed by atoms with Crippen LogP contribution in [0.2, 0.25) is 0 Å². The van der Waals surface area contributed by atoms with Gasteiger partial charge in [-0.3, -0.25) is 4.79 Å². The van der Waals surface area contributed by atoms with Gasteiger partial charge in [0.1, 0.15) is 5.82 Å². The van der Waals surface area contributed by atoms with Gasteiger partial charge in [-0.2, -0.15) is 0 Å². The van der Waals surface area contributed by atoms with Gasteiger partial charge >= 0.3 is 0 Å². The molecule has 2 fully saturated rings. The molecular weight excluding hydrogens is 379 g/mol. The maximum absolute atomic E-state index is 13.3. The number of rotatable bonds is 7. The number of fused-ring (bicyclic) bond motifs is 1. The molecule has 1 aliphatic heterocycles. The first kappa shape index (κ1) is 21.0. The van der Waals surface area contributed by atoms with Crippen molar-refractivity contribution in [2.75, 3.05) is 13.2 Å². The lowest BCUT2D eigenvalue weighted by Crippen LogP contribution is -2.59. The van der Waals surface area contributed by atoms with E-state index in [1.807, 2.05) is 11.0 Å². The van der Waals surface area contributed by atoms with E-state index in [9.17, 15) is 14.3 Å². The van der Waals surface area contributed by atoms with Gasteiger partial charge in [-0.1, -0.05) is 42.5 Å². The average molecular weight is 411 g/mol. The molecule has 1 saturated carbocycles. The van der Waals surface area contributed by atoms with Crippen molar-refractivity contribution >= 4 is 5.91 Å². The number of amides is 1. The molecule has 1 heterocycles. The maximum Gasteiger partial charge on any atom is 0.223 e. The minimum atomic E-state index is -0.253. The number of benzene rings is 2. The SMILES string of the molecule is O=C1C[C@H](c2ccccc2)[C@H]2[C@@H](NCCCO)CCC[C@H]2N1Cc1ccc(F)cc1. The molecule has 4 atom stereocenters. The number of hydrogen-bond acceptors (Lipinski definition) is 3. The van der Waals surface area contributed by atoms with Crippen LogP contribution in [0.1, 0.15) is 49.1 Å². The quantitative estimate of drug-likeness (QED) is 0.682. The summed E-state index contributed by atoms with van der Waals surface area (Å²) >= 11 is 0. The molecule has 4 rings (SSSR count). The summed E-state index contributed by atoms with van der Waals surface area (Å²) in [6.45, 7) is 1.51. The first-order valence-electron chi connectivity index (χ1n) is 11.1. The monoisotopic (exact) mass is 410 g/mol. The molecule has 1 aliphatic carbocycles. The van der Waals surface area contributed by atoms with E-state index in [1.165, 1.54) is 17.7 Å². The van der Waals surface area contributed by atoms with Crippen molar-refractivity contribution in [1.82, 2.24) is 10.2 Å². The number of likely N-dealkylation sites (tertiary alicyclic amines) is 1. The lowest BCUT2D eigenvalue weighted by atomic mass is 9.66. The Morgan fingerprint density at radius 3 is 2.57 bits per heavy atom. The largest absolute Gasteiger partial charge is 0.396 e. The second-order valence-electron chi connectivity index (χ2n) is 8.58. The summed E-state index contributed by atoms with van der Waals surface area (Å²) in [7, 11) is 0. The zero-order valence-electron chi connectivity index (χ0n) is 17.3. The van der Waals surface area contributed by atoms with E-state index in [-0.39, 0.29) is 30.3 Å². The molecule has 2 aliphatic rings. The van der Waals surface area contributed by atoms with Crippen LogP contribution in [-0.4, -0.2) is 41.1 Å². The van der Waals surface area contributed by atoms with Crippen LogP contribution in [0.4, 0.5) is 4.39 Å². The zero-order chi connectivity index (χ0) is 20.9. The molecule has 1 saturated heterocycles. The van der Waals surface area contributed by atoms with E-state index in [0.717, 1.165) is 37.8 Å². The molecule has 0 unspecified atom stereocenters. The van der Waals surface area contributed by atoms with Gasteiger partial charge in [0.15, 0.2) is 0 Å². The van der Waals surface area contributed by atoms with Gasteiger partial charge in [0, 0.05) is 37.6 Å². The summed E-state index contributed by atoms with van der Waals surface area (Å²) in [5.74, 6) is 0.458. The number of nitrogens with one attached hydrogen (secondary N) is 1. The molecule has 0 radical (unpaired) electrons. The molecule has 0 spiro atoms. The van der Waals surface area contributed by atoms with E-state index >= 15 is 0 Å². The van der Waals surface area contributed by atoms with Gasteiger partial charge in [0.05, 0.1) is 0 Å². The highest BCUT2D eigenvalue weighted by Gasteiger charge is 2.47. The summed E-state index contributed by atoms with van der Waals surface area (Å²) in [6, 6.07) is 17.4. The molecule has 1 amide bonds. The van der Waals surface area contributed by atoms with Crippen LogP contribution in [0.3, 0.4) is 0 Å². The Morgan fingerprint density at radius 2 is 1.83 bits per heavy atom. The van der Waals surface area contributed by atoms with Crippen molar-refractivity contribution in [1.29, 1.82) is 0 Å². The van der Waals surface area contributed by atoms with E-state index in [4.69, 9.17) is 0 Å². The summed E-state index contributed by atoms with van der Waals surface area (Å²) in [5, 5.41) is 12.9. The topological polar surface area (TPSA) is 52.6 Å². The molecular formula is C25H31FN2O2. The lowest BCUT2D eigenvalue weighted by molar-refractivity contribution is -0.143. The van der Waals surface area contributed by atoms with Gasteiger partial charge in [-0.25, -0.2) is 4.39 Å². The van der Waals surface area contributed by atoms with Crippen LogP contribution in [0, 0.1) is 11.7 Å². The van der Waals surface area contributed by atoms with Gasteiger partial charge in [-0.05, 0) is 61.4 Å². The highest BCUT2D eigenvalue weighted by Crippen LogP contribution is 2.45. The molecule has 2 N–H and O–H groups in total. The third kappa shape index (κ3) is 4.57. The molecule has 4 nitrogen and oxygen atoms in total. The first-order chi connectivity index (χ1) is 14.7. The minimum Gasteiger partial charge on any atom is -0.396 e. The zero-order valence-corrected chi connectivity index (χ0v) is 17.3. The molecule has 2 aromatic carbocycles. The highest BCUT2D eigenvalue weighted by molar-refractivity contribution is 5.79. The standard InChI is InChI=1S/C25H31FN2O2/c26-20-12-10-18(11-13-20)17-28-23-9-4-8-22(27-14-5-15-29)25(23)21(16-24(28)30)19-6-2-1-3-7-19/h1-3,6-7,10-13,21-23,25,27,29H,4-5,8-9,14-17H2/t21-,22+,23-,25+/m1/s1. The minimum absolute atomic E-state index is 0.168. The first-order valence-corrected chi connectivity index (χ1v) is 11.1. The van der Waals surface area contributed by atoms with Crippen LogP contribution in [0.25, 0.3) is 0 Å². The summed E-state index contributed by atoms with van der Waals surface area (Å²) in [4.78, 5) is 15.3. The number of hydrogen-bond donors (Lipinski definition) is 2. The van der Waals surface area contributed by atoms with Crippen LogP contribution in [-0.2, 0) is 11.3 Å². The predicted octanol–water partition coefficient (Wildman–Crippen LogP) is 3.85. The molecule has 5 heteroatoms. The van der Waals surface area contributed by atoms with Crippen LogP contribution in [0.5, 0.6) is 0 Å². The number of halogens is 1. The van der Waals surface area contributed by atoms with Crippen molar-refractivity contribution in [2.24, 2.45) is 5.92 Å². The van der Waals surface area contributed by atoms with Crippen molar-refractivity contribution in [3.05, 3.63) is 71.5 Å². The summed E-state index contributed by atoms with van der Waals surface area (Å²) in [5.41, 5.74) is 2.20. The van der Waals surface area contributed by atoms with Gasteiger partial charge < -0.3 is 15.3 Å². The normalized spacial score (nSPS) is 26.5. The molecule has 0 bridgehead atoms. The van der Waals surface area contributed by atoms with Gasteiger partial charge in [-0.15, -0.1) is 0 Å². The Kier molecular flexibility index (Phi) is 6.80. The van der Waals surface area contributed by atoms with Crippen LogP contribution < -0.4 is 5.32 Å². The summed E-state index contributed by atoms with van der Waals surface area (Å²) < 4.78 is 13.3. The smallest absolute Gasteiger partial charge is 0.223 e. The van der Waals surface area contributed by atoms with E-state index in [1.54, 1.807) is 12.1 Å². The number of carbonyl (C=O) groups is 1. The van der Waals surface area contributed by atoms with E-state index in [0.29, 0.717) is 24.9 Å². The van der Waals surface area contributed by atoms with E-state index < -0.39 is 0 Å². The second kappa shape index (κ2) is 9.71.